The SMILES string of the molecule is CCC(C(=O)O)c1nccnc1C. The average molecular weight is 180 g/mol. The molecule has 0 radical (unpaired) electrons. The van der Waals surface area contributed by atoms with Crippen LogP contribution in [0, 0.1) is 6.92 Å². The van der Waals surface area contributed by atoms with Gasteiger partial charge in [0.2, 0.25) is 0 Å². The molecule has 0 saturated heterocycles. The maximum Gasteiger partial charge on any atom is 0.312 e. The molecule has 0 aliphatic rings. The summed E-state index contributed by atoms with van der Waals surface area (Å²) in [6.45, 7) is 3.60. The lowest BCUT2D eigenvalue weighted by molar-refractivity contribution is -0.139. The fraction of sp³-hybridized carbons (Fsp3) is 0.444. The van der Waals surface area contributed by atoms with Crippen LogP contribution < -0.4 is 0 Å². The fourth-order valence-corrected chi connectivity index (χ4v) is 1.25. The maximum atomic E-state index is 10.8. The third kappa shape index (κ3) is 2.02. The Morgan fingerprint density at radius 3 is 2.62 bits per heavy atom. The first-order chi connectivity index (χ1) is 6.16. The van der Waals surface area contributed by atoms with Crippen molar-refractivity contribution < 1.29 is 9.90 Å². The summed E-state index contributed by atoms with van der Waals surface area (Å²) in [5.74, 6) is -1.38. The molecular weight excluding hydrogens is 168 g/mol. The zero-order valence-electron chi connectivity index (χ0n) is 7.69. The number of carboxylic acids is 1. The van der Waals surface area contributed by atoms with E-state index in [0.717, 1.165) is 0 Å². The number of rotatable bonds is 3. The lowest BCUT2D eigenvalue weighted by Crippen LogP contribution is -2.14. The molecule has 1 N–H and O–H groups in total. The summed E-state index contributed by atoms with van der Waals surface area (Å²) in [5, 5.41) is 8.88. The van der Waals surface area contributed by atoms with Crippen LogP contribution in [-0.2, 0) is 4.79 Å². The second-order valence-electron chi connectivity index (χ2n) is 2.83. The normalized spacial score (nSPS) is 12.5. The van der Waals surface area contributed by atoms with Crippen LogP contribution in [0.1, 0.15) is 30.7 Å². The lowest BCUT2D eigenvalue weighted by Gasteiger charge is -2.10. The minimum absolute atomic E-state index is 0.534. The van der Waals surface area contributed by atoms with Gasteiger partial charge in [0.1, 0.15) is 5.92 Å². The van der Waals surface area contributed by atoms with Crippen molar-refractivity contribution in [2.75, 3.05) is 0 Å². The number of carboxylic acid groups (broad SMARTS) is 1. The first-order valence-corrected chi connectivity index (χ1v) is 4.17. The fourth-order valence-electron chi connectivity index (χ4n) is 1.25. The predicted octanol–water partition coefficient (Wildman–Crippen LogP) is 1.36. The topological polar surface area (TPSA) is 63.1 Å². The predicted molar refractivity (Wildman–Crippen MR) is 47.4 cm³/mol. The quantitative estimate of drug-likeness (QED) is 0.762. The largest absolute Gasteiger partial charge is 0.481 e. The van der Waals surface area contributed by atoms with Crippen molar-refractivity contribution in [2.45, 2.75) is 26.2 Å². The molecule has 0 aliphatic heterocycles. The second kappa shape index (κ2) is 3.98. The van der Waals surface area contributed by atoms with E-state index in [-0.39, 0.29) is 0 Å². The van der Waals surface area contributed by atoms with Gasteiger partial charge >= 0.3 is 5.97 Å². The molecule has 1 aromatic heterocycles. The van der Waals surface area contributed by atoms with Gasteiger partial charge in [-0.3, -0.25) is 14.8 Å². The van der Waals surface area contributed by atoms with Gasteiger partial charge < -0.3 is 5.11 Å². The Morgan fingerprint density at radius 2 is 2.15 bits per heavy atom. The van der Waals surface area contributed by atoms with Crippen molar-refractivity contribution in [3.8, 4) is 0 Å². The summed E-state index contributed by atoms with van der Waals surface area (Å²) < 4.78 is 0. The van der Waals surface area contributed by atoms with E-state index in [9.17, 15) is 4.79 Å². The zero-order valence-corrected chi connectivity index (χ0v) is 7.69. The van der Waals surface area contributed by atoms with Crippen molar-refractivity contribution in [3.63, 3.8) is 0 Å². The van der Waals surface area contributed by atoms with Crippen molar-refractivity contribution in [3.05, 3.63) is 23.8 Å². The van der Waals surface area contributed by atoms with Crippen molar-refractivity contribution in [1.82, 2.24) is 9.97 Å². The molecule has 1 aromatic rings. The van der Waals surface area contributed by atoms with Gasteiger partial charge in [-0.25, -0.2) is 0 Å². The first-order valence-electron chi connectivity index (χ1n) is 4.17. The van der Waals surface area contributed by atoms with E-state index in [4.69, 9.17) is 5.11 Å². The Kier molecular flexibility index (Phi) is 2.95. The van der Waals surface area contributed by atoms with Crippen LogP contribution >= 0.6 is 0 Å². The Hall–Kier alpha value is -1.45. The minimum Gasteiger partial charge on any atom is -0.481 e. The highest BCUT2D eigenvalue weighted by Crippen LogP contribution is 2.18. The third-order valence-electron chi connectivity index (χ3n) is 1.96. The molecule has 0 bridgehead atoms. The van der Waals surface area contributed by atoms with Crippen LogP contribution in [-0.4, -0.2) is 21.0 Å². The monoisotopic (exact) mass is 180 g/mol. The van der Waals surface area contributed by atoms with Gasteiger partial charge in [0.15, 0.2) is 0 Å². The molecule has 4 heteroatoms. The van der Waals surface area contributed by atoms with Crippen LogP contribution in [0.25, 0.3) is 0 Å². The summed E-state index contributed by atoms with van der Waals surface area (Å²) in [6, 6.07) is 0. The summed E-state index contributed by atoms with van der Waals surface area (Å²) in [6.07, 6.45) is 3.62. The molecule has 0 aromatic carbocycles. The average Bonchev–Trinajstić information content (AvgIpc) is 2.09. The molecule has 0 saturated carbocycles. The Labute approximate surface area is 76.7 Å². The van der Waals surface area contributed by atoms with Gasteiger partial charge in [0.05, 0.1) is 11.4 Å². The van der Waals surface area contributed by atoms with Gasteiger partial charge in [-0.15, -0.1) is 0 Å². The molecule has 1 rings (SSSR count). The molecule has 0 spiro atoms. The van der Waals surface area contributed by atoms with Crippen LogP contribution in [0.5, 0.6) is 0 Å². The summed E-state index contributed by atoms with van der Waals surface area (Å²) in [7, 11) is 0. The van der Waals surface area contributed by atoms with Gasteiger partial charge in [-0.2, -0.15) is 0 Å². The molecule has 1 unspecified atom stereocenters. The molecule has 70 valence electrons. The highest BCUT2D eigenvalue weighted by molar-refractivity contribution is 5.75. The second-order valence-corrected chi connectivity index (χ2v) is 2.83. The number of carbonyl (C=O) groups is 1. The number of hydrogen-bond acceptors (Lipinski definition) is 3. The van der Waals surface area contributed by atoms with Gasteiger partial charge in [0.25, 0.3) is 0 Å². The molecule has 1 atom stereocenters. The summed E-state index contributed by atoms with van der Waals surface area (Å²) >= 11 is 0. The standard InChI is InChI=1S/C9H12N2O2/c1-3-7(9(12)13)8-6(2)10-4-5-11-8/h4-5,7H,3H2,1-2H3,(H,12,13). The van der Waals surface area contributed by atoms with Crippen LogP contribution in [0.15, 0.2) is 12.4 Å². The highest BCUT2D eigenvalue weighted by Gasteiger charge is 2.20. The van der Waals surface area contributed by atoms with E-state index in [1.165, 1.54) is 6.20 Å². The molecule has 0 aliphatic carbocycles. The van der Waals surface area contributed by atoms with Gasteiger partial charge in [-0.1, -0.05) is 6.92 Å². The smallest absolute Gasteiger partial charge is 0.312 e. The molecular formula is C9H12N2O2. The molecule has 4 nitrogen and oxygen atoms in total. The highest BCUT2D eigenvalue weighted by atomic mass is 16.4. The zero-order chi connectivity index (χ0) is 9.84. The van der Waals surface area contributed by atoms with Crippen molar-refractivity contribution in [2.24, 2.45) is 0 Å². The molecule has 0 amide bonds. The van der Waals surface area contributed by atoms with Crippen LogP contribution in [0.4, 0.5) is 0 Å². The van der Waals surface area contributed by atoms with Crippen molar-refractivity contribution in [1.29, 1.82) is 0 Å². The number of hydrogen-bond donors (Lipinski definition) is 1. The third-order valence-corrected chi connectivity index (χ3v) is 1.96. The number of aliphatic carboxylic acids is 1. The lowest BCUT2D eigenvalue weighted by atomic mass is 10.0. The Balaban J connectivity index is 3.04. The minimum atomic E-state index is -0.842. The number of nitrogens with zero attached hydrogens (tertiary/aromatic N) is 2. The van der Waals surface area contributed by atoms with E-state index in [2.05, 4.69) is 9.97 Å². The van der Waals surface area contributed by atoms with Gasteiger partial charge in [0, 0.05) is 12.4 Å². The summed E-state index contributed by atoms with van der Waals surface area (Å²) in [4.78, 5) is 18.8. The van der Waals surface area contributed by atoms with E-state index >= 15 is 0 Å². The van der Waals surface area contributed by atoms with E-state index in [1.54, 1.807) is 13.1 Å². The Bertz CT molecular complexity index is 312. The van der Waals surface area contributed by atoms with Crippen molar-refractivity contribution >= 4 is 5.97 Å². The maximum absolute atomic E-state index is 10.8. The van der Waals surface area contributed by atoms with Gasteiger partial charge in [-0.05, 0) is 13.3 Å². The van der Waals surface area contributed by atoms with E-state index in [1.807, 2.05) is 6.92 Å². The molecule has 1 heterocycles. The molecule has 0 fully saturated rings. The van der Waals surface area contributed by atoms with E-state index in [0.29, 0.717) is 17.8 Å². The van der Waals surface area contributed by atoms with E-state index < -0.39 is 11.9 Å². The molecule has 13 heavy (non-hydrogen) atoms. The first kappa shape index (κ1) is 9.64. The van der Waals surface area contributed by atoms with Crippen LogP contribution in [0.3, 0.4) is 0 Å². The van der Waals surface area contributed by atoms with Crippen LogP contribution in [0.2, 0.25) is 0 Å². The summed E-state index contributed by atoms with van der Waals surface area (Å²) in [5.41, 5.74) is 1.26. The number of aryl methyl sites for hydroxylation is 1. The Morgan fingerprint density at radius 1 is 1.54 bits per heavy atom. The number of aromatic nitrogens is 2.